The first-order valence-electron chi connectivity index (χ1n) is 9.12. The van der Waals surface area contributed by atoms with Crippen molar-refractivity contribution in [3.05, 3.63) is 82.7 Å². The molecule has 0 radical (unpaired) electrons. The van der Waals surface area contributed by atoms with Gasteiger partial charge in [0.25, 0.3) is 0 Å². The summed E-state index contributed by atoms with van der Waals surface area (Å²) in [4.78, 5) is 10.7. The number of anilines is 2. The summed E-state index contributed by atoms with van der Waals surface area (Å²) < 4.78 is 1.07. The molecule has 3 aromatic carbocycles. The van der Waals surface area contributed by atoms with E-state index in [0.717, 1.165) is 47.9 Å². The molecule has 3 nitrogen and oxygen atoms in total. The van der Waals surface area contributed by atoms with Gasteiger partial charge in [-0.05, 0) is 37.3 Å². The fourth-order valence-electron chi connectivity index (χ4n) is 3.16. The van der Waals surface area contributed by atoms with Gasteiger partial charge >= 0.3 is 0 Å². The Kier molecular flexibility index (Phi) is 4.79. The maximum absolute atomic E-state index is 6.07. The Labute approximate surface area is 181 Å². The minimum Gasteiger partial charge on any atom is -0.332 e. The quantitative estimate of drug-likeness (QED) is 0.314. The number of nitrogens with one attached hydrogen (secondary N) is 1. The zero-order chi connectivity index (χ0) is 19.8. The Morgan fingerprint density at radius 3 is 2.41 bits per heavy atom. The lowest BCUT2D eigenvalue weighted by Crippen LogP contribution is -1.89. The molecule has 1 N–H and O–H groups in total. The van der Waals surface area contributed by atoms with Crippen molar-refractivity contribution in [3.8, 4) is 21.8 Å². The van der Waals surface area contributed by atoms with E-state index in [0.29, 0.717) is 0 Å². The molecule has 6 heteroatoms. The fraction of sp³-hybridized carbons (Fsp3) is 0.0435. The lowest BCUT2D eigenvalue weighted by molar-refractivity contribution is 1.37. The monoisotopic (exact) mass is 433 g/mol. The van der Waals surface area contributed by atoms with Crippen molar-refractivity contribution < 1.29 is 0 Å². The fourth-order valence-corrected chi connectivity index (χ4v) is 5.26. The third-order valence-corrected chi connectivity index (χ3v) is 6.77. The van der Waals surface area contributed by atoms with E-state index in [1.54, 1.807) is 22.7 Å². The van der Waals surface area contributed by atoms with Gasteiger partial charge in [0.1, 0.15) is 5.01 Å². The molecule has 29 heavy (non-hydrogen) atoms. The molecule has 142 valence electrons. The highest BCUT2D eigenvalue weighted by Gasteiger charge is 2.11. The molecule has 0 amide bonds. The molecule has 2 aromatic heterocycles. The summed E-state index contributed by atoms with van der Waals surface area (Å²) in [7, 11) is 0. The van der Waals surface area contributed by atoms with Crippen molar-refractivity contribution in [2.45, 2.75) is 6.92 Å². The third kappa shape index (κ3) is 3.77. The molecular weight excluding hydrogens is 418 g/mol. The van der Waals surface area contributed by atoms with Crippen molar-refractivity contribution in [1.29, 1.82) is 0 Å². The van der Waals surface area contributed by atoms with E-state index in [9.17, 15) is 0 Å². The van der Waals surface area contributed by atoms with E-state index in [1.165, 1.54) is 4.88 Å². The number of nitrogens with zero attached hydrogens (tertiary/aromatic N) is 2. The standard InChI is InChI=1S/C23H16ClN3S2/c1-14-21(27-22(28-14)16-5-3-2-4-6-16)15-7-10-18(11-8-15)25-23-26-19-12-9-17(24)13-20(19)29-23/h2-13H,1H3,(H,25,26). The molecule has 0 bridgehead atoms. The highest BCUT2D eigenvalue weighted by atomic mass is 35.5. The van der Waals surface area contributed by atoms with E-state index >= 15 is 0 Å². The minimum absolute atomic E-state index is 0.727. The average molecular weight is 434 g/mol. The third-order valence-electron chi connectivity index (χ3n) is 4.58. The molecule has 2 heterocycles. The molecule has 5 rings (SSSR count). The number of aryl methyl sites for hydroxylation is 1. The number of aromatic nitrogens is 2. The second-order valence-corrected chi connectivity index (χ2v) is 9.29. The molecule has 0 atom stereocenters. The van der Waals surface area contributed by atoms with Crippen molar-refractivity contribution in [2.24, 2.45) is 0 Å². The lowest BCUT2D eigenvalue weighted by Gasteiger charge is -2.04. The molecule has 0 unspecified atom stereocenters. The van der Waals surface area contributed by atoms with E-state index in [4.69, 9.17) is 16.6 Å². The van der Waals surface area contributed by atoms with E-state index in [1.807, 2.05) is 36.4 Å². The van der Waals surface area contributed by atoms with Gasteiger partial charge in [0.05, 0.1) is 15.9 Å². The SMILES string of the molecule is Cc1sc(-c2ccccc2)nc1-c1ccc(Nc2nc3ccc(Cl)cc3s2)cc1. The second-order valence-electron chi connectivity index (χ2n) is 6.62. The van der Waals surface area contributed by atoms with Gasteiger partial charge in [-0.15, -0.1) is 11.3 Å². The Hall–Kier alpha value is -2.73. The minimum atomic E-state index is 0.727. The van der Waals surface area contributed by atoms with Gasteiger partial charge in [-0.25, -0.2) is 9.97 Å². The van der Waals surface area contributed by atoms with E-state index in [2.05, 4.69) is 53.6 Å². The highest BCUT2D eigenvalue weighted by molar-refractivity contribution is 7.22. The topological polar surface area (TPSA) is 37.8 Å². The summed E-state index contributed by atoms with van der Waals surface area (Å²) in [5.41, 5.74) is 5.25. The molecule has 0 aliphatic heterocycles. The number of hydrogen-bond donors (Lipinski definition) is 1. The van der Waals surface area contributed by atoms with E-state index < -0.39 is 0 Å². The number of thiazole rings is 2. The van der Waals surface area contributed by atoms with Crippen LogP contribution in [0.1, 0.15) is 4.88 Å². The van der Waals surface area contributed by atoms with Gasteiger partial charge in [0, 0.05) is 26.7 Å². The molecular formula is C23H16ClN3S2. The number of hydrogen-bond acceptors (Lipinski definition) is 5. The Morgan fingerprint density at radius 1 is 0.828 bits per heavy atom. The van der Waals surface area contributed by atoms with Gasteiger partial charge in [0.15, 0.2) is 5.13 Å². The van der Waals surface area contributed by atoms with Crippen LogP contribution in [-0.2, 0) is 0 Å². The number of fused-ring (bicyclic) bond motifs is 1. The zero-order valence-electron chi connectivity index (χ0n) is 15.5. The predicted molar refractivity (Wildman–Crippen MR) is 126 cm³/mol. The predicted octanol–water partition coefficient (Wildman–Crippen LogP) is 7.79. The van der Waals surface area contributed by atoms with Crippen LogP contribution < -0.4 is 5.32 Å². The van der Waals surface area contributed by atoms with Gasteiger partial charge in [-0.2, -0.15) is 0 Å². The zero-order valence-corrected chi connectivity index (χ0v) is 17.9. The molecule has 0 spiro atoms. The van der Waals surface area contributed by atoms with Crippen LogP contribution in [0.4, 0.5) is 10.8 Å². The summed E-state index contributed by atoms with van der Waals surface area (Å²) in [5.74, 6) is 0. The molecule has 0 saturated heterocycles. The van der Waals surface area contributed by atoms with Crippen LogP contribution in [0, 0.1) is 6.92 Å². The normalized spacial score (nSPS) is 11.1. The van der Waals surface area contributed by atoms with Crippen molar-refractivity contribution in [1.82, 2.24) is 9.97 Å². The maximum Gasteiger partial charge on any atom is 0.188 e. The Morgan fingerprint density at radius 2 is 1.62 bits per heavy atom. The van der Waals surface area contributed by atoms with Crippen LogP contribution >= 0.6 is 34.3 Å². The first kappa shape index (κ1) is 18.3. The van der Waals surface area contributed by atoms with Crippen LogP contribution in [-0.4, -0.2) is 9.97 Å². The molecule has 0 saturated carbocycles. The molecule has 0 aliphatic rings. The second kappa shape index (κ2) is 7.59. The van der Waals surface area contributed by atoms with Crippen LogP contribution in [0.2, 0.25) is 5.02 Å². The number of halogens is 1. The highest BCUT2D eigenvalue weighted by Crippen LogP contribution is 2.34. The maximum atomic E-state index is 6.07. The number of benzene rings is 3. The summed E-state index contributed by atoms with van der Waals surface area (Å²) in [6, 6.07) is 24.4. The van der Waals surface area contributed by atoms with Gasteiger partial charge in [0.2, 0.25) is 0 Å². The first-order valence-corrected chi connectivity index (χ1v) is 11.1. The smallest absolute Gasteiger partial charge is 0.188 e. The summed E-state index contributed by atoms with van der Waals surface area (Å²) >= 11 is 9.39. The molecule has 0 fully saturated rings. The first-order chi connectivity index (χ1) is 14.2. The van der Waals surface area contributed by atoms with Gasteiger partial charge in [-0.1, -0.05) is 65.4 Å². The Balaban J connectivity index is 1.39. The van der Waals surface area contributed by atoms with Gasteiger partial charge < -0.3 is 5.32 Å². The van der Waals surface area contributed by atoms with Crippen LogP contribution in [0.3, 0.4) is 0 Å². The average Bonchev–Trinajstić information content (AvgIpc) is 3.32. The lowest BCUT2D eigenvalue weighted by atomic mass is 10.1. The van der Waals surface area contributed by atoms with Gasteiger partial charge in [-0.3, -0.25) is 0 Å². The molecule has 5 aromatic rings. The Bertz CT molecular complexity index is 1290. The van der Waals surface area contributed by atoms with Crippen molar-refractivity contribution in [3.63, 3.8) is 0 Å². The van der Waals surface area contributed by atoms with Crippen molar-refractivity contribution >= 4 is 55.3 Å². The largest absolute Gasteiger partial charge is 0.332 e. The summed E-state index contributed by atoms with van der Waals surface area (Å²) in [6.07, 6.45) is 0. The molecule has 0 aliphatic carbocycles. The van der Waals surface area contributed by atoms with E-state index in [-0.39, 0.29) is 0 Å². The van der Waals surface area contributed by atoms with Crippen LogP contribution in [0.25, 0.3) is 32.0 Å². The summed E-state index contributed by atoms with van der Waals surface area (Å²) in [6.45, 7) is 2.12. The summed E-state index contributed by atoms with van der Waals surface area (Å²) in [5, 5.41) is 6.01. The van der Waals surface area contributed by atoms with Crippen molar-refractivity contribution in [2.75, 3.05) is 5.32 Å². The number of rotatable bonds is 4. The van der Waals surface area contributed by atoms with Crippen LogP contribution in [0.15, 0.2) is 72.8 Å². The van der Waals surface area contributed by atoms with Crippen LogP contribution in [0.5, 0.6) is 0 Å².